The Hall–Kier alpha value is -0.820. The highest BCUT2D eigenvalue weighted by molar-refractivity contribution is 7.86. The molecule has 1 fully saturated rings. The zero-order valence-electron chi connectivity index (χ0n) is 9.80. The molecule has 1 amide bonds. The summed E-state index contributed by atoms with van der Waals surface area (Å²) in [5.41, 5.74) is -0.355. The predicted molar refractivity (Wildman–Crippen MR) is 57.7 cm³/mol. The summed E-state index contributed by atoms with van der Waals surface area (Å²) in [7, 11) is -3.55. The lowest BCUT2D eigenvalue weighted by molar-refractivity contribution is -0.0746. The van der Waals surface area contributed by atoms with Gasteiger partial charge in [-0.3, -0.25) is 9.08 Å². The van der Waals surface area contributed by atoms with Crippen LogP contribution in [0.1, 0.15) is 20.8 Å². The van der Waals surface area contributed by atoms with Gasteiger partial charge in [-0.2, -0.15) is 8.42 Å². The summed E-state index contributed by atoms with van der Waals surface area (Å²) in [6.45, 7) is 5.66. The summed E-state index contributed by atoms with van der Waals surface area (Å²) in [5.74, 6) is 0. The van der Waals surface area contributed by atoms with E-state index < -0.39 is 28.4 Å². The van der Waals surface area contributed by atoms with Crippen molar-refractivity contribution in [1.29, 1.82) is 0 Å². The molecule has 0 aromatic heterocycles. The average Bonchev–Trinajstić information content (AvgIpc) is 1.90. The van der Waals surface area contributed by atoms with Crippen LogP contribution in [-0.2, 0) is 14.3 Å². The number of amides is 1. The minimum absolute atomic E-state index is 0.102. The van der Waals surface area contributed by atoms with Crippen LogP contribution < -0.4 is 0 Å². The van der Waals surface area contributed by atoms with E-state index in [-0.39, 0.29) is 12.0 Å². The monoisotopic (exact) mass is 251 g/mol. The molecule has 6 nitrogen and oxygen atoms in total. The molecule has 0 radical (unpaired) electrons. The molecule has 1 aliphatic rings. The number of hydrogen-bond donors (Lipinski definition) is 1. The van der Waals surface area contributed by atoms with Gasteiger partial charge in [0.25, 0.3) is 10.1 Å². The van der Waals surface area contributed by atoms with Gasteiger partial charge in [-0.1, -0.05) is 20.8 Å². The minimum atomic E-state index is -3.55. The van der Waals surface area contributed by atoms with E-state index >= 15 is 0 Å². The van der Waals surface area contributed by atoms with Crippen LogP contribution in [0.15, 0.2) is 0 Å². The predicted octanol–water partition coefficient (Wildman–Crippen LogP) is 0.740. The van der Waals surface area contributed by atoms with Crippen molar-refractivity contribution in [2.75, 3.05) is 12.8 Å². The smallest absolute Gasteiger partial charge is 0.407 e. The quantitative estimate of drug-likeness (QED) is 0.732. The van der Waals surface area contributed by atoms with Crippen molar-refractivity contribution in [3.05, 3.63) is 0 Å². The van der Waals surface area contributed by atoms with Crippen LogP contribution >= 0.6 is 0 Å². The lowest BCUT2D eigenvalue weighted by Crippen LogP contribution is -2.67. The fourth-order valence-corrected chi connectivity index (χ4v) is 2.61. The Labute approximate surface area is 95.3 Å². The fraction of sp³-hybridized carbons (Fsp3) is 0.889. The molecule has 0 saturated carbocycles. The maximum absolute atomic E-state index is 11.0. The van der Waals surface area contributed by atoms with E-state index in [9.17, 15) is 13.2 Å². The number of nitrogens with zero attached hydrogens (tertiary/aromatic N) is 1. The maximum Gasteiger partial charge on any atom is 0.407 e. The second-order valence-corrected chi connectivity index (χ2v) is 6.69. The van der Waals surface area contributed by atoms with E-state index in [0.717, 1.165) is 6.26 Å². The Balaban J connectivity index is 2.81. The highest BCUT2D eigenvalue weighted by Crippen LogP contribution is 2.36. The lowest BCUT2D eigenvalue weighted by Gasteiger charge is -2.51. The van der Waals surface area contributed by atoms with Gasteiger partial charge in [-0.05, 0) is 5.41 Å². The third-order valence-electron chi connectivity index (χ3n) is 2.50. The number of likely N-dealkylation sites (tertiary alicyclic amines) is 1. The molecule has 1 rings (SSSR count). The van der Waals surface area contributed by atoms with E-state index in [1.165, 1.54) is 4.90 Å². The highest BCUT2D eigenvalue weighted by Gasteiger charge is 2.50. The van der Waals surface area contributed by atoms with Crippen molar-refractivity contribution in [2.24, 2.45) is 5.41 Å². The van der Waals surface area contributed by atoms with Crippen LogP contribution in [0.3, 0.4) is 0 Å². The molecule has 0 spiro atoms. The van der Waals surface area contributed by atoms with E-state index in [4.69, 9.17) is 9.29 Å². The third kappa shape index (κ3) is 2.85. The first kappa shape index (κ1) is 13.2. The van der Waals surface area contributed by atoms with Crippen LogP contribution in [0.2, 0.25) is 0 Å². The van der Waals surface area contributed by atoms with Gasteiger partial charge in [0.1, 0.15) is 6.10 Å². The molecule has 94 valence electrons. The van der Waals surface area contributed by atoms with Crippen LogP contribution in [0.25, 0.3) is 0 Å². The second-order valence-electron chi connectivity index (χ2n) is 5.08. The van der Waals surface area contributed by atoms with Gasteiger partial charge in [-0.15, -0.1) is 0 Å². The molecule has 1 aliphatic heterocycles. The number of carboxylic acid groups (broad SMARTS) is 1. The van der Waals surface area contributed by atoms with Gasteiger partial charge in [0.15, 0.2) is 0 Å². The van der Waals surface area contributed by atoms with E-state index in [2.05, 4.69) is 0 Å². The minimum Gasteiger partial charge on any atom is -0.465 e. The molecule has 0 aliphatic carbocycles. The van der Waals surface area contributed by atoms with Gasteiger partial charge in [0, 0.05) is 0 Å². The fourth-order valence-electron chi connectivity index (χ4n) is 2.00. The summed E-state index contributed by atoms with van der Waals surface area (Å²) in [5, 5.41) is 8.90. The number of rotatable bonds is 2. The largest absolute Gasteiger partial charge is 0.465 e. The summed E-state index contributed by atoms with van der Waals surface area (Å²) in [6, 6.07) is -0.431. The molecule has 2 unspecified atom stereocenters. The van der Waals surface area contributed by atoms with Crippen molar-refractivity contribution < 1.29 is 22.5 Å². The van der Waals surface area contributed by atoms with Crippen molar-refractivity contribution in [2.45, 2.75) is 32.9 Å². The van der Waals surface area contributed by atoms with Crippen LogP contribution in [0.5, 0.6) is 0 Å². The molecule has 1 heterocycles. The van der Waals surface area contributed by atoms with Crippen molar-refractivity contribution >= 4 is 16.2 Å². The summed E-state index contributed by atoms with van der Waals surface area (Å²) >= 11 is 0. The first-order chi connectivity index (χ1) is 7.02. The summed E-state index contributed by atoms with van der Waals surface area (Å²) in [6.07, 6.45) is -0.657. The molecule has 0 bridgehead atoms. The Morgan fingerprint density at radius 3 is 2.25 bits per heavy atom. The Bertz CT molecular complexity index is 383. The first-order valence-corrected chi connectivity index (χ1v) is 6.72. The molecule has 2 atom stereocenters. The summed E-state index contributed by atoms with van der Waals surface area (Å²) in [4.78, 5) is 12.1. The highest BCUT2D eigenvalue weighted by atomic mass is 32.2. The van der Waals surface area contributed by atoms with Crippen molar-refractivity contribution in [1.82, 2.24) is 4.90 Å². The molecular weight excluding hydrogens is 234 g/mol. The summed E-state index contributed by atoms with van der Waals surface area (Å²) < 4.78 is 26.9. The topological polar surface area (TPSA) is 83.9 Å². The average molecular weight is 251 g/mol. The first-order valence-electron chi connectivity index (χ1n) is 4.90. The molecule has 1 saturated heterocycles. The number of carbonyl (C=O) groups is 1. The van der Waals surface area contributed by atoms with Gasteiger partial charge < -0.3 is 5.11 Å². The molecule has 7 heteroatoms. The second kappa shape index (κ2) is 3.89. The molecule has 16 heavy (non-hydrogen) atoms. The molecule has 1 N–H and O–H groups in total. The maximum atomic E-state index is 11.0. The molecular formula is C9H17NO5S. The van der Waals surface area contributed by atoms with Gasteiger partial charge in [0.05, 0.1) is 18.8 Å². The van der Waals surface area contributed by atoms with Crippen molar-refractivity contribution in [3.8, 4) is 0 Å². The van der Waals surface area contributed by atoms with Gasteiger partial charge >= 0.3 is 6.09 Å². The standard InChI is InChI=1S/C9H17NO5S/c1-9(2,3)7-6(15-16(4,13)14)5-10(7)8(11)12/h6-7H,5H2,1-4H3,(H,11,12). The van der Waals surface area contributed by atoms with Crippen LogP contribution in [0, 0.1) is 5.41 Å². The van der Waals surface area contributed by atoms with Crippen molar-refractivity contribution in [3.63, 3.8) is 0 Å². The zero-order chi connectivity index (χ0) is 12.7. The van der Waals surface area contributed by atoms with E-state index in [0.29, 0.717) is 0 Å². The Kier molecular flexibility index (Phi) is 3.22. The SMILES string of the molecule is CC(C)(C)C1C(OS(C)(=O)=O)CN1C(=O)O. The lowest BCUT2D eigenvalue weighted by atomic mass is 9.77. The third-order valence-corrected chi connectivity index (χ3v) is 3.09. The van der Waals surface area contributed by atoms with Crippen LogP contribution in [0.4, 0.5) is 4.79 Å². The zero-order valence-corrected chi connectivity index (χ0v) is 10.6. The molecule has 0 aromatic rings. The van der Waals surface area contributed by atoms with E-state index in [1.54, 1.807) is 0 Å². The number of hydrogen-bond acceptors (Lipinski definition) is 4. The normalized spacial score (nSPS) is 26.4. The van der Waals surface area contributed by atoms with Gasteiger partial charge in [0.2, 0.25) is 0 Å². The van der Waals surface area contributed by atoms with Gasteiger partial charge in [-0.25, -0.2) is 4.79 Å². The Morgan fingerprint density at radius 1 is 1.44 bits per heavy atom. The van der Waals surface area contributed by atoms with Crippen LogP contribution in [-0.4, -0.2) is 49.5 Å². The molecule has 0 aromatic carbocycles. The Morgan fingerprint density at radius 2 is 1.94 bits per heavy atom. The van der Waals surface area contributed by atoms with E-state index in [1.807, 2.05) is 20.8 Å².